The summed E-state index contributed by atoms with van der Waals surface area (Å²) in [5.74, 6) is -2.90. The molecule has 41 heavy (non-hydrogen) atoms. The maximum absolute atomic E-state index is 13.2. The number of thioether (sulfide) groups is 1. The van der Waals surface area contributed by atoms with E-state index in [1.165, 1.54) is 17.1 Å². The van der Waals surface area contributed by atoms with Crippen molar-refractivity contribution in [2.24, 2.45) is 16.6 Å². The first kappa shape index (κ1) is 30.0. The van der Waals surface area contributed by atoms with E-state index in [-0.39, 0.29) is 41.7 Å². The Balaban J connectivity index is 1.49. The van der Waals surface area contributed by atoms with Gasteiger partial charge in [0.25, 0.3) is 11.8 Å². The van der Waals surface area contributed by atoms with Gasteiger partial charge in [0, 0.05) is 41.8 Å². The molecule has 0 aliphatic carbocycles. The van der Waals surface area contributed by atoms with Gasteiger partial charge in [-0.3, -0.25) is 19.3 Å². The highest BCUT2D eigenvalue weighted by atomic mass is 32.2. The van der Waals surface area contributed by atoms with Gasteiger partial charge in [0.2, 0.25) is 5.91 Å². The highest BCUT2D eigenvalue weighted by Gasteiger charge is 2.53. The van der Waals surface area contributed by atoms with Crippen LogP contribution in [0.5, 0.6) is 0 Å². The largest absolute Gasteiger partial charge is 0.543 e. The molecule has 14 nitrogen and oxygen atoms in total. The van der Waals surface area contributed by atoms with Crippen LogP contribution < -0.4 is 32.2 Å². The predicted molar refractivity (Wildman–Crippen MR) is 148 cm³/mol. The van der Waals surface area contributed by atoms with E-state index >= 15 is 0 Å². The molecule has 2 aliphatic rings. The van der Waals surface area contributed by atoms with Crippen molar-refractivity contribution in [2.75, 3.05) is 18.0 Å². The van der Waals surface area contributed by atoms with Crippen molar-refractivity contribution in [3.8, 4) is 0 Å². The van der Waals surface area contributed by atoms with Gasteiger partial charge in [-0.15, -0.1) is 23.1 Å². The Kier molecular flexibility index (Phi) is 9.57. The lowest BCUT2D eigenvalue weighted by Gasteiger charge is -2.50. The zero-order valence-corrected chi connectivity index (χ0v) is 23.8. The monoisotopic (exact) mass is 602 g/mol. The number of carbonyl (C=O) groups excluding carboxylic acids is 4. The van der Waals surface area contributed by atoms with Crippen molar-refractivity contribution in [1.82, 2.24) is 15.2 Å². The maximum Gasteiger partial charge on any atom is 0.276 e. The van der Waals surface area contributed by atoms with E-state index < -0.39 is 41.2 Å². The molecular formula is C25H30N8O6S2. The van der Waals surface area contributed by atoms with Crippen molar-refractivity contribution < 1.29 is 33.7 Å². The van der Waals surface area contributed by atoms with Gasteiger partial charge in [-0.05, 0) is 18.4 Å². The van der Waals surface area contributed by atoms with Crippen molar-refractivity contribution in [1.29, 1.82) is 0 Å². The van der Waals surface area contributed by atoms with E-state index in [1.807, 2.05) is 19.1 Å². The Morgan fingerprint density at radius 1 is 1.34 bits per heavy atom. The number of aromatic nitrogens is 2. The number of fused-ring (bicyclic) bond motifs is 1. The number of aryl methyl sites for hydroxylation is 1. The van der Waals surface area contributed by atoms with Crippen LogP contribution in [-0.4, -0.2) is 69.1 Å². The van der Waals surface area contributed by atoms with Gasteiger partial charge in [0.1, 0.15) is 23.2 Å². The zero-order valence-electron chi connectivity index (χ0n) is 22.1. The number of hydrogen-bond donors (Lipinski definition) is 4. The molecule has 0 bridgehead atoms. The van der Waals surface area contributed by atoms with Gasteiger partial charge in [-0.1, -0.05) is 12.1 Å². The van der Waals surface area contributed by atoms with Crippen LogP contribution in [-0.2, 0) is 37.0 Å². The summed E-state index contributed by atoms with van der Waals surface area (Å²) in [5, 5.41) is 19.8. The minimum Gasteiger partial charge on any atom is -0.543 e. The highest BCUT2D eigenvalue weighted by molar-refractivity contribution is 8.00. The van der Waals surface area contributed by atoms with Crippen molar-refractivity contribution in [3.63, 3.8) is 0 Å². The number of nitrogen functional groups attached to an aromatic ring is 1. The third kappa shape index (κ3) is 6.83. The van der Waals surface area contributed by atoms with E-state index in [0.717, 1.165) is 21.8 Å². The van der Waals surface area contributed by atoms with Crippen LogP contribution in [0.15, 0.2) is 46.3 Å². The summed E-state index contributed by atoms with van der Waals surface area (Å²) in [6.45, 7) is 2.24. The minimum absolute atomic E-state index is 0.173. The summed E-state index contributed by atoms with van der Waals surface area (Å²) < 4.78 is 1.77. The van der Waals surface area contributed by atoms with Crippen molar-refractivity contribution in [3.05, 3.63) is 52.4 Å². The number of pyridine rings is 1. The van der Waals surface area contributed by atoms with Gasteiger partial charge < -0.3 is 37.3 Å². The molecule has 0 spiro atoms. The number of oxime groups is 1. The first-order valence-electron chi connectivity index (χ1n) is 12.7. The average molecular weight is 603 g/mol. The third-order valence-corrected chi connectivity index (χ3v) is 8.53. The maximum atomic E-state index is 13.2. The molecule has 218 valence electrons. The molecule has 1 saturated heterocycles. The van der Waals surface area contributed by atoms with Crippen LogP contribution in [0, 0.1) is 0 Å². The summed E-state index contributed by atoms with van der Waals surface area (Å²) in [6.07, 6.45) is 4.37. The first-order valence-corrected chi connectivity index (χ1v) is 14.7. The van der Waals surface area contributed by atoms with Gasteiger partial charge in [-0.25, -0.2) is 9.55 Å². The Morgan fingerprint density at radius 2 is 2.07 bits per heavy atom. The number of thiazole rings is 1. The number of carboxylic acids is 1. The SMILES string of the molecule is CCC(CN)ON=C(C(=O)NC1C(=O)N2C(C(=O)[O-])=C(C[n+]3ccc(CCC(N)=O)cc3)CS[C@@H]12)c1csc(N)n1. The second-order valence-corrected chi connectivity index (χ2v) is 11.3. The van der Waals surface area contributed by atoms with Crippen LogP contribution in [0.4, 0.5) is 5.13 Å². The van der Waals surface area contributed by atoms with Crippen LogP contribution >= 0.6 is 23.1 Å². The second-order valence-electron chi connectivity index (χ2n) is 9.33. The van der Waals surface area contributed by atoms with Gasteiger partial charge >= 0.3 is 0 Å². The molecule has 2 unspecified atom stereocenters. The molecule has 2 aromatic heterocycles. The third-order valence-electron chi connectivity index (χ3n) is 6.51. The summed E-state index contributed by atoms with van der Waals surface area (Å²) >= 11 is 2.43. The van der Waals surface area contributed by atoms with E-state index in [9.17, 15) is 24.3 Å². The minimum atomic E-state index is -1.48. The van der Waals surface area contributed by atoms with Gasteiger partial charge in [0.15, 0.2) is 29.8 Å². The molecule has 0 aromatic carbocycles. The van der Waals surface area contributed by atoms with Crippen molar-refractivity contribution >= 4 is 57.6 Å². The molecule has 1 fully saturated rings. The second kappa shape index (κ2) is 13.1. The molecule has 0 radical (unpaired) electrons. The first-order chi connectivity index (χ1) is 19.6. The molecule has 16 heteroatoms. The van der Waals surface area contributed by atoms with Crippen LogP contribution in [0.3, 0.4) is 0 Å². The fourth-order valence-electron chi connectivity index (χ4n) is 4.26. The molecule has 4 rings (SSSR count). The molecule has 3 amide bonds. The fourth-order valence-corrected chi connectivity index (χ4v) is 6.15. The summed E-state index contributed by atoms with van der Waals surface area (Å²) in [4.78, 5) is 60.2. The molecular weight excluding hydrogens is 572 g/mol. The molecule has 0 saturated carbocycles. The normalized spacial score (nSPS) is 19.3. The van der Waals surface area contributed by atoms with Crippen molar-refractivity contribution in [2.45, 2.75) is 50.3 Å². The Bertz CT molecular complexity index is 1390. The molecule has 2 aromatic rings. The Morgan fingerprint density at radius 3 is 2.66 bits per heavy atom. The number of rotatable bonds is 13. The number of β-lactam (4-membered cyclic amide) rings is 1. The quantitative estimate of drug-likeness (QED) is 0.0853. The number of nitrogens with zero attached hydrogens (tertiary/aromatic N) is 4. The number of primary amides is 1. The average Bonchev–Trinajstić information content (AvgIpc) is 3.38. The molecule has 3 atom stereocenters. The summed E-state index contributed by atoms with van der Waals surface area (Å²) in [7, 11) is 0. The highest BCUT2D eigenvalue weighted by Crippen LogP contribution is 2.40. The van der Waals surface area contributed by atoms with Crippen LogP contribution in [0.2, 0.25) is 0 Å². The lowest BCUT2D eigenvalue weighted by Crippen LogP contribution is -2.71. The summed E-state index contributed by atoms with van der Waals surface area (Å²) in [5.41, 5.74) is 17.8. The number of nitrogens with one attached hydrogen (secondary N) is 1. The molecule has 7 N–H and O–H groups in total. The fraction of sp³-hybridized carbons (Fsp3) is 0.400. The number of nitrogens with two attached hydrogens (primary N) is 3. The predicted octanol–water partition coefficient (Wildman–Crippen LogP) is -2.01. The lowest BCUT2D eigenvalue weighted by atomic mass is 10.0. The Labute approximate surface area is 243 Å². The number of aliphatic carboxylic acids is 1. The van der Waals surface area contributed by atoms with Crippen LogP contribution in [0.25, 0.3) is 0 Å². The topological polar surface area (TPSA) is 223 Å². The zero-order chi connectivity index (χ0) is 29.7. The molecule has 4 heterocycles. The number of carbonyl (C=O) groups is 4. The summed E-state index contributed by atoms with van der Waals surface area (Å²) in [6, 6.07) is 2.63. The molecule has 2 aliphatic heterocycles. The van der Waals surface area contributed by atoms with E-state index in [0.29, 0.717) is 24.2 Å². The van der Waals surface area contributed by atoms with E-state index in [2.05, 4.69) is 15.5 Å². The van der Waals surface area contributed by atoms with Crippen LogP contribution in [0.1, 0.15) is 31.0 Å². The number of carboxylic acid groups (broad SMARTS) is 1. The van der Waals surface area contributed by atoms with Gasteiger partial charge in [-0.2, -0.15) is 0 Å². The number of hydrogen-bond acceptors (Lipinski definition) is 12. The van der Waals surface area contributed by atoms with E-state index in [1.54, 1.807) is 17.0 Å². The Hall–Kier alpha value is -4.02. The number of amides is 3. The van der Waals surface area contributed by atoms with E-state index in [4.69, 9.17) is 22.0 Å². The number of anilines is 1. The smallest absolute Gasteiger partial charge is 0.276 e. The van der Waals surface area contributed by atoms with Gasteiger partial charge in [0.05, 0.1) is 11.7 Å². The lowest BCUT2D eigenvalue weighted by molar-refractivity contribution is -0.689. The standard InChI is InChI=1S/C25H30N8O6S2/c1-2-15(9-26)39-31-18(16-12-41-25(28)29-16)21(35)30-19-22(36)33-20(24(37)38)14(11-40-23(19)33)10-32-7-5-13(6-8-32)3-4-17(27)34/h5-8,12,15,19,23H,2-4,9-11,26H2,1H3,(H5-,27,28,29,30,34,35,37,38)/t15?,19?,23-/m0/s1.